The number of furan rings is 1. The van der Waals surface area contributed by atoms with Crippen LogP contribution in [-0.2, 0) is 9.47 Å². The molecule has 2 N–H and O–H groups in total. The summed E-state index contributed by atoms with van der Waals surface area (Å²) >= 11 is 0. The normalized spacial score (nSPS) is 10.5. The molecule has 0 bridgehead atoms. The summed E-state index contributed by atoms with van der Waals surface area (Å²) in [5, 5.41) is 2.63. The molecule has 0 aliphatic carbocycles. The molecule has 1 aromatic carbocycles. The number of H-pyrrole nitrogens is 1. The molecule has 0 aliphatic heterocycles. The van der Waals surface area contributed by atoms with Crippen LogP contribution in [0.1, 0.15) is 59.9 Å². The topological polar surface area (TPSA) is 128 Å². The Hall–Kier alpha value is -4.14. The van der Waals surface area contributed by atoms with Crippen molar-refractivity contribution in [3.63, 3.8) is 0 Å². The van der Waals surface area contributed by atoms with Gasteiger partial charge in [-0.25, -0.2) is 9.59 Å². The van der Waals surface area contributed by atoms with Gasteiger partial charge in [-0.05, 0) is 62.7 Å². The first kappa shape index (κ1) is 22.5. The highest BCUT2D eigenvalue weighted by Crippen LogP contribution is 2.20. The van der Waals surface area contributed by atoms with E-state index in [1.165, 1.54) is 36.6 Å². The zero-order valence-corrected chi connectivity index (χ0v) is 17.8. The van der Waals surface area contributed by atoms with Crippen LogP contribution >= 0.6 is 0 Å². The number of anilines is 1. The molecule has 9 nitrogen and oxygen atoms in total. The molecular weight excluding hydrogens is 416 g/mol. The second-order valence-corrected chi connectivity index (χ2v) is 6.85. The van der Waals surface area contributed by atoms with Crippen molar-refractivity contribution in [3.8, 4) is 0 Å². The molecule has 0 aliphatic rings. The summed E-state index contributed by atoms with van der Waals surface area (Å²) in [6.07, 6.45) is 1.39. The number of carbonyl (C=O) groups excluding carboxylic acids is 4. The van der Waals surface area contributed by atoms with Crippen LogP contribution in [0.4, 0.5) is 5.69 Å². The van der Waals surface area contributed by atoms with E-state index in [-0.39, 0.29) is 29.2 Å². The van der Waals surface area contributed by atoms with Crippen LogP contribution in [0.15, 0.2) is 47.1 Å². The number of ether oxygens (including phenoxy) is 2. The third-order valence-corrected chi connectivity index (χ3v) is 4.65. The molecule has 3 aromatic rings. The lowest BCUT2D eigenvalue weighted by atomic mass is 10.1. The van der Waals surface area contributed by atoms with Crippen molar-refractivity contribution in [2.45, 2.75) is 20.8 Å². The van der Waals surface area contributed by atoms with Crippen molar-refractivity contribution < 1.29 is 33.1 Å². The molecule has 0 saturated heterocycles. The molecule has 9 heteroatoms. The summed E-state index contributed by atoms with van der Waals surface area (Å²) in [4.78, 5) is 51.7. The molecule has 32 heavy (non-hydrogen) atoms. The smallest absolute Gasteiger partial charge is 0.355 e. The molecule has 166 valence electrons. The van der Waals surface area contributed by atoms with Crippen LogP contribution in [0.3, 0.4) is 0 Å². The van der Waals surface area contributed by atoms with Gasteiger partial charge in [0.1, 0.15) is 5.69 Å². The Balaban J connectivity index is 1.60. The lowest BCUT2D eigenvalue weighted by Crippen LogP contribution is -2.16. The van der Waals surface area contributed by atoms with E-state index in [0.29, 0.717) is 16.9 Å². The lowest BCUT2D eigenvalue weighted by Gasteiger charge is -2.07. The van der Waals surface area contributed by atoms with Gasteiger partial charge in [-0.3, -0.25) is 9.59 Å². The van der Waals surface area contributed by atoms with Crippen LogP contribution in [0.5, 0.6) is 0 Å². The second kappa shape index (κ2) is 9.78. The molecule has 2 heterocycles. The van der Waals surface area contributed by atoms with E-state index in [9.17, 15) is 19.2 Å². The lowest BCUT2D eigenvalue weighted by molar-refractivity contribution is 0.0473. The van der Waals surface area contributed by atoms with Crippen LogP contribution < -0.4 is 5.32 Å². The highest BCUT2D eigenvalue weighted by molar-refractivity contribution is 6.04. The molecule has 0 unspecified atom stereocenters. The highest BCUT2D eigenvalue weighted by Gasteiger charge is 2.23. The van der Waals surface area contributed by atoms with Gasteiger partial charge < -0.3 is 24.2 Å². The number of aryl methyl sites for hydroxylation is 1. The largest absolute Gasteiger partial charge is 0.461 e. The van der Waals surface area contributed by atoms with E-state index in [2.05, 4.69) is 10.3 Å². The van der Waals surface area contributed by atoms with Crippen molar-refractivity contribution in [2.75, 3.05) is 18.5 Å². The van der Waals surface area contributed by atoms with Crippen molar-refractivity contribution in [2.24, 2.45) is 0 Å². The average Bonchev–Trinajstić information content (AvgIpc) is 3.41. The van der Waals surface area contributed by atoms with Gasteiger partial charge >= 0.3 is 11.9 Å². The number of ketones is 1. The van der Waals surface area contributed by atoms with Gasteiger partial charge in [-0.15, -0.1) is 0 Å². The zero-order chi connectivity index (χ0) is 23.3. The molecule has 1 amide bonds. The number of esters is 2. The first-order valence-electron chi connectivity index (χ1n) is 9.83. The number of rotatable bonds is 8. The Kier molecular flexibility index (Phi) is 6.89. The minimum atomic E-state index is -0.696. The molecule has 0 atom stereocenters. The Morgan fingerprint density at radius 1 is 1.00 bits per heavy atom. The van der Waals surface area contributed by atoms with Crippen LogP contribution in [0.25, 0.3) is 0 Å². The maximum absolute atomic E-state index is 12.6. The summed E-state index contributed by atoms with van der Waals surface area (Å²) in [5.41, 5.74) is 2.09. The van der Waals surface area contributed by atoms with E-state index in [1.807, 2.05) is 0 Å². The third-order valence-electron chi connectivity index (χ3n) is 4.65. The highest BCUT2D eigenvalue weighted by atomic mass is 16.5. The standard InChI is InChI=1S/C23H22N2O7/c1-4-30-23(29)20-13(2)19(14(3)24-20)17(26)12-32-22(28)15-7-9-16(10-8-15)25-21(27)18-6-5-11-31-18/h5-11,24H,4,12H2,1-3H3,(H,25,27). The van der Waals surface area contributed by atoms with E-state index in [1.54, 1.807) is 26.8 Å². The monoisotopic (exact) mass is 438 g/mol. The molecule has 0 saturated carbocycles. The van der Waals surface area contributed by atoms with E-state index >= 15 is 0 Å². The Labute approximate surface area is 183 Å². The van der Waals surface area contributed by atoms with Crippen molar-refractivity contribution in [1.29, 1.82) is 0 Å². The van der Waals surface area contributed by atoms with E-state index in [0.717, 1.165) is 0 Å². The van der Waals surface area contributed by atoms with Gasteiger partial charge in [0.15, 0.2) is 12.4 Å². The van der Waals surface area contributed by atoms with Gasteiger partial charge in [0, 0.05) is 16.9 Å². The van der Waals surface area contributed by atoms with Crippen molar-refractivity contribution in [1.82, 2.24) is 4.98 Å². The fourth-order valence-corrected chi connectivity index (χ4v) is 3.15. The number of carbonyl (C=O) groups is 4. The van der Waals surface area contributed by atoms with Crippen molar-refractivity contribution >= 4 is 29.3 Å². The molecular formula is C23H22N2O7. The number of aromatic amines is 1. The fraction of sp³-hybridized carbons (Fsp3) is 0.217. The summed E-state index contributed by atoms with van der Waals surface area (Å²) in [6.45, 7) is 4.69. The van der Waals surface area contributed by atoms with Gasteiger partial charge in [-0.1, -0.05) is 0 Å². The molecule has 0 radical (unpaired) electrons. The van der Waals surface area contributed by atoms with Crippen molar-refractivity contribution in [3.05, 3.63) is 76.5 Å². The summed E-state index contributed by atoms with van der Waals surface area (Å²) < 4.78 is 15.1. The predicted octanol–water partition coefficient (Wildman–Crippen LogP) is 3.69. The molecule has 2 aromatic heterocycles. The quantitative estimate of drug-likeness (QED) is 0.405. The van der Waals surface area contributed by atoms with Gasteiger partial charge in [0.05, 0.1) is 18.4 Å². The summed E-state index contributed by atoms with van der Waals surface area (Å²) in [7, 11) is 0. The SMILES string of the molecule is CCOC(=O)c1[nH]c(C)c(C(=O)COC(=O)c2ccc(NC(=O)c3ccco3)cc2)c1C. The Morgan fingerprint density at radius 3 is 2.34 bits per heavy atom. The van der Waals surface area contributed by atoms with Crippen LogP contribution in [0, 0.1) is 13.8 Å². The van der Waals surface area contributed by atoms with Gasteiger partial charge in [-0.2, -0.15) is 0 Å². The zero-order valence-electron chi connectivity index (χ0n) is 17.8. The van der Waals surface area contributed by atoms with Crippen LogP contribution in [-0.4, -0.2) is 41.8 Å². The maximum Gasteiger partial charge on any atom is 0.355 e. The number of hydrogen-bond acceptors (Lipinski definition) is 7. The van der Waals surface area contributed by atoms with E-state index in [4.69, 9.17) is 13.9 Å². The number of benzene rings is 1. The number of hydrogen-bond donors (Lipinski definition) is 2. The minimum Gasteiger partial charge on any atom is -0.461 e. The summed E-state index contributed by atoms with van der Waals surface area (Å²) in [6, 6.07) is 9.13. The maximum atomic E-state index is 12.6. The second-order valence-electron chi connectivity index (χ2n) is 6.85. The van der Waals surface area contributed by atoms with E-state index < -0.39 is 30.2 Å². The summed E-state index contributed by atoms with van der Waals surface area (Å²) in [5.74, 6) is -1.95. The van der Waals surface area contributed by atoms with Gasteiger partial charge in [0.25, 0.3) is 5.91 Å². The fourth-order valence-electron chi connectivity index (χ4n) is 3.15. The first-order chi connectivity index (χ1) is 15.3. The predicted molar refractivity (Wildman–Crippen MR) is 114 cm³/mol. The average molecular weight is 438 g/mol. The molecule has 0 fully saturated rings. The molecule has 0 spiro atoms. The van der Waals surface area contributed by atoms with Crippen LogP contribution in [0.2, 0.25) is 0 Å². The minimum absolute atomic E-state index is 0.161. The number of aromatic nitrogens is 1. The molecule has 3 rings (SSSR count). The Morgan fingerprint density at radius 2 is 1.72 bits per heavy atom. The number of Topliss-reactive ketones (excluding diaryl/α,β-unsaturated/α-hetero) is 1. The number of nitrogens with one attached hydrogen (secondary N) is 2. The number of amides is 1. The Bertz CT molecular complexity index is 1140. The first-order valence-corrected chi connectivity index (χ1v) is 9.83. The van der Waals surface area contributed by atoms with Gasteiger partial charge in [0.2, 0.25) is 5.78 Å². The third kappa shape index (κ3) is 4.94.